The Hall–Kier alpha value is -5.04. The zero-order valence-corrected chi connectivity index (χ0v) is 24.5. The molecule has 0 aliphatic carbocycles. The van der Waals surface area contributed by atoms with Crippen molar-refractivity contribution in [1.29, 1.82) is 0 Å². The van der Waals surface area contributed by atoms with E-state index in [-0.39, 0.29) is 5.56 Å². The van der Waals surface area contributed by atoms with Gasteiger partial charge >= 0.3 is 5.76 Å². The van der Waals surface area contributed by atoms with Gasteiger partial charge < -0.3 is 0 Å². The van der Waals surface area contributed by atoms with Gasteiger partial charge in [0.15, 0.2) is 5.82 Å². The molecule has 2 heterocycles. The first-order valence-corrected chi connectivity index (χ1v) is 14.8. The molecule has 0 aliphatic heterocycles. The Morgan fingerprint density at radius 1 is 0.837 bits per heavy atom. The molecule has 2 aromatic heterocycles. The van der Waals surface area contributed by atoms with E-state index in [1.165, 1.54) is 16.3 Å². The molecular formula is C36H34N4O3. The minimum Gasteiger partial charge on any atom is -0.296 e. The van der Waals surface area contributed by atoms with Gasteiger partial charge in [-0.3, -0.25) is 18.9 Å². The molecule has 6 rings (SSSR count). The minimum absolute atomic E-state index is 0.0447. The molecule has 0 spiro atoms. The van der Waals surface area contributed by atoms with E-state index in [1.807, 2.05) is 47.9 Å². The van der Waals surface area contributed by atoms with Crippen LogP contribution in [0.2, 0.25) is 0 Å². The van der Waals surface area contributed by atoms with Gasteiger partial charge in [-0.25, -0.2) is 9.78 Å². The second kappa shape index (κ2) is 12.4. The van der Waals surface area contributed by atoms with Crippen molar-refractivity contribution in [2.45, 2.75) is 52.5 Å². The van der Waals surface area contributed by atoms with Gasteiger partial charge in [0.05, 0.1) is 5.69 Å². The molecule has 6 aromatic rings. The van der Waals surface area contributed by atoms with Gasteiger partial charge in [0.25, 0.3) is 5.56 Å². The monoisotopic (exact) mass is 570 g/mol. The Morgan fingerprint density at radius 2 is 1.58 bits per heavy atom. The molecule has 0 saturated carbocycles. The second-order valence-corrected chi connectivity index (χ2v) is 10.9. The van der Waals surface area contributed by atoms with Crippen molar-refractivity contribution in [2.24, 2.45) is 0 Å². The van der Waals surface area contributed by atoms with Crippen LogP contribution in [-0.4, -0.2) is 19.7 Å². The molecule has 0 radical (unpaired) electrons. The largest absolute Gasteiger partial charge is 0.439 e. The molecular weight excluding hydrogens is 536 g/mol. The first kappa shape index (κ1) is 28.1. The molecule has 0 amide bonds. The first-order valence-electron chi connectivity index (χ1n) is 14.8. The lowest BCUT2D eigenvalue weighted by Crippen LogP contribution is -2.30. The molecule has 1 N–H and O–H groups in total. The van der Waals surface area contributed by atoms with Crippen molar-refractivity contribution >= 4 is 10.8 Å². The number of benzene rings is 4. The average Bonchev–Trinajstić information content (AvgIpc) is 3.48. The van der Waals surface area contributed by atoms with Crippen molar-refractivity contribution in [2.75, 3.05) is 0 Å². The van der Waals surface area contributed by atoms with Gasteiger partial charge in [0, 0.05) is 24.1 Å². The Kier molecular flexibility index (Phi) is 8.13. The van der Waals surface area contributed by atoms with Crippen LogP contribution in [0, 0.1) is 6.92 Å². The molecule has 4 aromatic carbocycles. The quantitative estimate of drug-likeness (QED) is 0.194. The number of rotatable bonds is 10. The zero-order valence-electron chi connectivity index (χ0n) is 24.5. The zero-order chi connectivity index (χ0) is 29.8. The van der Waals surface area contributed by atoms with E-state index < -0.39 is 5.76 Å². The lowest BCUT2D eigenvalue weighted by Gasteiger charge is -2.16. The summed E-state index contributed by atoms with van der Waals surface area (Å²) < 4.78 is 6.57. The first-order chi connectivity index (χ1) is 21.0. The standard InChI is InChI=1S/C36H34N4O3/c1-3-4-16-33-32(35(41)40(24(2)37-33)22-21-27-12-9-11-26-10-5-6-13-29(26)27)23-25-17-19-28(20-18-25)30-14-7-8-15-31(30)34-38-36(42)43-39-34/h5-15,17-20H,3-4,16,21-23H2,1-2H3,(H,38,39,42). The van der Waals surface area contributed by atoms with E-state index >= 15 is 0 Å². The normalized spacial score (nSPS) is 11.3. The van der Waals surface area contributed by atoms with Crippen LogP contribution in [0.5, 0.6) is 0 Å². The third-order valence-electron chi connectivity index (χ3n) is 8.06. The van der Waals surface area contributed by atoms with Crippen LogP contribution in [0.1, 0.15) is 48.0 Å². The number of unbranched alkanes of at least 4 members (excludes halogenated alkanes) is 1. The predicted octanol–water partition coefficient (Wildman–Crippen LogP) is 6.89. The predicted molar refractivity (Wildman–Crippen MR) is 170 cm³/mol. The van der Waals surface area contributed by atoms with Crippen molar-refractivity contribution in [3.05, 3.63) is 140 Å². The van der Waals surface area contributed by atoms with Crippen molar-refractivity contribution in [3.63, 3.8) is 0 Å². The number of aryl methyl sites for hydroxylation is 3. The summed E-state index contributed by atoms with van der Waals surface area (Å²) in [6.07, 6.45) is 4.07. The van der Waals surface area contributed by atoms with Crippen molar-refractivity contribution in [3.8, 4) is 22.5 Å². The fraction of sp³-hybridized carbons (Fsp3) is 0.222. The Balaban J connectivity index is 1.30. The molecule has 7 nitrogen and oxygen atoms in total. The smallest absolute Gasteiger partial charge is 0.296 e. The van der Waals surface area contributed by atoms with E-state index in [2.05, 4.69) is 71.7 Å². The highest BCUT2D eigenvalue weighted by Gasteiger charge is 2.17. The number of nitrogens with zero attached hydrogens (tertiary/aromatic N) is 3. The lowest BCUT2D eigenvalue weighted by molar-refractivity contribution is 0.388. The third-order valence-corrected chi connectivity index (χ3v) is 8.06. The van der Waals surface area contributed by atoms with Gasteiger partial charge in [0.1, 0.15) is 5.82 Å². The molecule has 0 atom stereocenters. The maximum absolute atomic E-state index is 14.0. The van der Waals surface area contributed by atoms with E-state index in [0.29, 0.717) is 18.8 Å². The molecule has 0 unspecified atom stereocenters. The number of hydrogen-bond donors (Lipinski definition) is 1. The van der Waals surface area contributed by atoms with Crippen LogP contribution in [0.3, 0.4) is 0 Å². The number of nitrogens with one attached hydrogen (secondary N) is 1. The lowest BCUT2D eigenvalue weighted by atomic mass is 9.96. The van der Waals surface area contributed by atoms with Crippen LogP contribution in [0.4, 0.5) is 0 Å². The second-order valence-electron chi connectivity index (χ2n) is 10.9. The van der Waals surface area contributed by atoms with Crippen LogP contribution < -0.4 is 11.3 Å². The number of H-pyrrole nitrogens is 1. The summed E-state index contributed by atoms with van der Waals surface area (Å²) in [5, 5.41) is 6.30. The van der Waals surface area contributed by atoms with Gasteiger partial charge in [-0.15, -0.1) is 0 Å². The molecule has 0 fully saturated rings. The SMILES string of the molecule is CCCCc1nc(C)n(CCc2cccc3ccccc23)c(=O)c1Cc1ccc(-c2ccccc2-c2noc(=O)[nH]2)cc1. The van der Waals surface area contributed by atoms with Gasteiger partial charge in [-0.1, -0.05) is 109 Å². The highest BCUT2D eigenvalue weighted by atomic mass is 16.5. The Bertz CT molecular complexity index is 2000. The number of aromatic amines is 1. The van der Waals surface area contributed by atoms with Gasteiger partial charge in [-0.05, 0) is 59.2 Å². The van der Waals surface area contributed by atoms with E-state index in [9.17, 15) is 9.59 Å². The summed E-state index contributed by atoms with van der Waals surface area (Å²) in [4.78, 5) is 33.2. The van der Waals surface area contributed by atoms with Crippen LogP contribution in [0.25, 0.3) is 33.3 Å². The van der Waals surface area contributed by atoms with Gasteiger partial charge in [0.2, 0.25) is 0 Å². The van der Waals surface area contributed by atoms with E-state index in [4.69, 9.17) is 9.51 Å². The minimum atomic E-state index is -0.589. The summed E-state index contributed by atoms with van der Waals surface area (Å²) in [6, 6.07) is 30.6. The number of aromatic nitrogens is 4. The average molecular weight is 571 g/mol. The van der Waals surface area contributed by atoms with E-state index in [0.717, 1.165) is 65.0 Å². The molecule has 7 heteroatoms. The topological polar surface area (TPSA) is 93.8 Å². The fourth-order valence-electron chi connectivity index (χ4n) is 5.78. The molecule has 0 saturated heterocycles. The fourth-order valence-corrected chi connectivity index (χ4v) is 5.78. The molecule has 0 aliphatic rings. The van der Waals surface area contributed by atoms with Gasteiger partial charge in [-0.2, -0.15) is 0 Å². The summed E-state index contributed by atoms with van der Waals surface area (Å²) in [6.45, 7) is 4.67. The Labute approximate surface area is 249 Å². The summed E-state index contributed by atoms with van der Waals surface area (Å²) in [5.41, 5.74) is 6.66. The molecule has 0 bridgehead atoms. The van der Waals surface area contributed by atoms with Crippen LogP contribution >= 0.6 is 0 Å². The molecule has 216 valence electrons. The summed E-state index contributed by atoms with van der Waals surface area (Å²) >= 11 is 0. The maximum atomic E-state index is 14.0. The van der Waals surface area contributed by atoms with Crippen molar-refractivity contribution < 1.29 is 4.52 Å². The maximum Gasteiger partial charge on any atom is 0.439 e. The molecule has 43 heavy (non-hydrogen) atoms. The van der Waals surface area contributed by atoms with Crippen molar-refractivity contribution in [1.82, 2.24) is 19.7 Å². The third kappa shape index (κ3) is 5.97. The number of hydrogen-bond acceptors (Lipinski definition) is 5. The Morgan fingerprint density at radius 3 is 2.35 bits per heavy atom. The van der Waals surface area contributed by atoms with Crippen LogP contribution in [0.15, 0.2) is 105 Å². The number of fused-ring (bicyclic) bond motifs is 1. The summed E-state index contributed by atoms with van der Waals surface area (Å²) in [5.74, 6) is 0.562. The highest BCUT2D eigenvalue weighted by molar-refractivity contribution is 5.85. The highest BCUT2D eigenvalue weighted by Crippen LogP contribution is 2.30. The summed E-state index contributed by atoms with van der Waals surface area (Å²) in [7, 11) is 0. The van der Waals surface area contributed by atoms with Crippen LogP contribution in [-0.2, 0) is 25.8 Å². The van der Waals surface area contributed by atoms with E-state index in [1.54, 1.807) is 0 Å².